The van der Waals surface area contributed by atoms with Crippen LogP contribution < -0.4 is 15.5 Å². The highest BCUT2D eigenvalue weighted by atomic mass is 32.1. The molecule has 3 heterocycles. The first-order valence-corrected chi connectivity index (χ1v) is 10.3. The molecule has 3 amide bonds. The Kier molecular flexibility index (Phi) is 6.31. The maximum atomic E-state index is 12.4. The Balaban J connectivity index is 1.60. The summed E-state index contributed by atoms with van der Waals surface area (Å²) in [5.41, 5.74) is 1.19. The lowest BCUT2D eigenvalue weighted by molar-refractivity contribution is -0.159. The van der Waals surface area contributed by atoms with E-state index in [2.05, 4.69) is 39.3 Å². The summed E-state index contributed by atoms with van der Waals surface area (Å²) in [6, 6.07) is -0.638. The van der Waals surface area contributed by atoms with Crippen molar-refractivity contribution in [2.24, 2.45) is 5.92 Å². The highest BCUT2D eigenvalue weighted by molar-refractivity contribution is 7.18. The number of hydrogen-bond donors (Lipinski definition) is 2. The van der Waals surface area contributed by atoms with E-state index in [0.29, 0.717) is 25.9 Å². The second kappa shape index (κ2) is 8.73. The number of nitrogens with one attached hydrogen (secondary N) is 2. The zero-order valence-electron chi connectivity index (χ0n) is 16.9. The molecule has 0 aromatic carbocycles. The first kappa shape index (κ1) is 21.0. The van der Waals surface area contributed by atoms with E-state index in [1.807, 2.05) is 0 Å². The second-order valence-corrected chi connectivity index (χ2v) is 8.27. The van der Waals surface area contributed by atoms with E-state index in [0.717, 1.165) is 16.0 Å². The SMILES string of the molecule is CNC(=O)NC(=O)[C@@H](C)OC(=O)C1CCN(c2ncnc3sc(C)c(C)c23)CC1. The molecule has 10 heteroatoms. The molecule has 0 aliphatic carbocycles. The van der Waals surface area contributed by atoms with Crippen molar-refractivity contribution in [3.05, 3.63) is 16.8 Å². The number of piperidine rings is 1. The number of carbonyl (C=O) groups excluding carboxylic acids is 3. The maximum absolute atomic E-state index is 12.4. The smallest absolute Gasteiger partial charge is 0.321 e. The van der Waals surface area contributed by atoms with Gasteiger partial charge in [0.2, 0.25) is 0 Å². The molecule has 2 N–H and O–H groups in total. The van der Waals surface area contributed by atoms with Crippen LogP contribution in [0.25, 0.3) is 10.2 Å². The number of esters is 1. The summed E-state index contributed by atoms with van der Waals surface area (Å²) >= 11 is 1.66. The molecule has 2 aromatic heterocycles. The fourth-order valence-electron chi connectivity index (χ4n) is 3.33. The molecule has 0 saturated carbocycles. The number of carbonyl (C=O) groups is 3. The van der Waals surface area contributed by atoms with Crippen molar-refractivity contribution in [3.8, 4) is 0 Å². The average molecular weight is 420 g/mol. The van der Waals surface area contributed by atoms with Gasteiger partial charge in [0.05, 0.1) is 11.3 Å². The van der Waals surface area contributed by atoms with E-state index in [4.69, 9.17) is 4.74 Å². The van der Waals surface area contributed by atoms with E-state index in [9.17, 15) is 14.4 Å². The molecule has 0 bridgehead atoms. The van der Waals surface area contributed by atoms with Gasteiger partial charge in [0.15, 0.2) is 6.10 Å². The Morgan fingerprint density at radius 3 is 2.59 bits per heavy atom. The molecule has 1 aliphatic rings. The Hall–Kier alpha value is -2.75. The number of amides is 3. The maximum Gasteiger partial charge on any atom is 0.321 e. The molecule has 9 nitrogen and oxygen atoms in total. The van der Waals surface area contributed by atoms with Gasteiger partial charge in [-0.1, -0.05) is 0 Å². The molecule has 3 rings (SSSR count). The van der Waals surface area contributed by atoms with Gasteiger partial charge in [0, 0.05) is 25.0 Å². The lowest BCUT2D eigenvalue weighted by atomic mass is 9.96. The van der Waals surface area contributed by atoms with Crippen LogP contribution in [0, 0.1) is 19.8 Å². The fourth-order valence-corrected chi connectivity index (χ4v) is 4.32. The third kappa shape index (κ3) is 4.47. The summed E-state index contributed by atoms with van der Waals surface area (Å²) in [5, 5.41) is 5.46. The molecule has 1 fully saturated rings. The quantitative estimate of drug-likeness (QED) is 0.728. The molecule has 0 unspecified atom stereocenters. The third-order valence-electron chi connectivity index (χ3n) is 5.20. The fraction of sp³-hybridized carbons (Fsp3) is 0.526. The summed E-state index contributed by atoms with van der Waals surface area (Å²) in [4.78, 5) is 48.7. The highest BCUT2D eigenvalue weighted by Crippen LogP contribution is 2.35. The molecule has 156 valence electrons. The molecular weight excluding hydrogens is 394 g/mol. The van der Waals surface area contributed by atoms with Gasteiger partial charge in [-0.2, -0.15) is 0 Å². The van der Waals surface area contributed by atoms with Crippen molar-refractivity contribution < 1.29 is 19.1 Å². The standard InChI is InChI=1S/C19H25N5O4S/c1-10-12(3)29-17-14(10)15(21-9-22-17)24-7-5-13(6-8-24)18(26)28-11(2)16(25)23-19(27)20-4/h9,11,13H,5-8H2,1-4H3,(H2,20,23,25,27)/t11-/m1/s1. The monoisotopic (exact) mass is 419 g/mol. The molecule has 0 spiro atoms. The van der Waals surface area contributed by atoms with Crippen LogP contribution in [0.4, 0.5) is 10.6 Å². The molecule has 29 heavy (non-hydrogen) atoms. The number of rotatable bonds is 4. The number of nitrogens with zero attached hydrogens (tertiary/aromatic N) is 3. The minimum absolute atomic E-state index is 0.288. The van der Waals surface area contributed by atoms with Crippen molar-refractivity contribution in [3.63, 3.8) is 0 Å². The number of fused-ring (bicyclic) bond motifs is 1. The molecular formula is C19H25N5O4S. The largest absolute Gasteiger partial charge is 0.452 e. The molecule has 1 aliphatic heterocycles. The number of urea groups is 1. The predicted molar refractivity (Wildman–Crippen MR) is 110 cm³/mol. The molecule has 2 aromatic rings. The topological polar surface area (TPSA) is 114 Å². The van der Waals surface area contributed by atoms with Crippen molar-refractivity contribution in [1.82, 2.24) is 20.6 Å². The number of aromatic nitrogens is 2. The summed E-state index contributed by atoms with van der Waals surface area (Å²) in [6.07, 6.45) is 1.77. The Bertz CT molecular complexity index is 936. The van der Waals surface area contributed by atoms with Crippen LogP contribution in [-0.2, 0) is 14.3 Å². The highest BCUT2D eigenvalue weighted by Gasteiger charge is 2.30. The zero-order chi connectivity index (χ0) is 21.1. The summed E-state index contributed by atoms with van der Waals surface area (Å²) in [5.74, 6) is -0.451. The number of ether oxygens (including phenoxy) is 1. The lowest BCUT2D eigenvalue weighted by Gasteiger charge is -2.32. The van der Waals surface area contributed by atoms with Crippen molar-refractivity contribution in [2.45, 2.75) is 39.7 Å². The van der Waals surface area contributed by atoms with Gasteiger partial charge in [-0.15, -0.1) is 11.3 Å². The van der Waals surface area contributed by atoms with E-state index in [-0.39, 0.29) is 5.92 Å². The first-order valence-electron chi connectivity index (χ1n) is 9.50. The van der Waals surface area contributed by atoms with Gasteiger partial charge >= 0.3 is 12.0 Å². The normalized spacial score (nSPS) is 15.8. The number of anilines is 1. The molecule has 1 atom stereocenters. The Morgan fingerprint density at radius 1 is 1.24 bits per heavy atom. The van der Waals surface area contributed by atoms with Gasteiger partial charge in [-0.05, 0) is 39.2 Å². The van der Waals surface area contributed by atoms with Gasteiger partial charge in [0.1, 0.15) is 17.0 Å². The van der Waals surface area contributed by atoms with E-state index < -0.39 is 24.0 Å². The van der Waals surface area contributed by atoms with E-state index in [1.165, 1.54) is 24.4 Å². The number of imide groups is 1. The number of thiophene rings is 1. The van der Waals surface area contributed by atoms with Crippen molar-refractivity contribution in [1.29, 1.82) is 0 Å². The van der Waals surface area contributed by atoms with Gasteiger partial charge in [0.25, 0.3) is 5.91 Å². The van der Waals surface area contributed by atoms with Crippen LogP contribution in [0.2, 0.25) is 0 Å². The molecule has 0 radical (unpaired) electrons. The predicted octanol–water partition coefficient (Wildman–Crippen LogP) is 1.91. The summed E-state index contributed by atoms with van der Waals surface area (Å²) < 4.78 is 5.26. The van der Waals surface area contributed by atoms with Gasteiger partial charge < -0.3 is 15.0 Å². The van der Waals surface area contributed by atoms with Crippen LogP contribution in [0.5, 0.6) is 0 Å². The lowest BCUT2D eigenvalue weighted by Crippen LogP contribution is -2.44. The van der Waals surface area contributed by atoms with Crippen LogP contribution in [-0.4, -0.2) is 54.1 Å². The van der Waals surface area contributed by atoms with Gasteiger partial charge in [-0.3, -0.25) is 14.9 Å². The Morgan fingerprint density at radius 2 is 1.93 bits per heavy atom. The Labute approximate surface area is 172 Å². The van der Waals surface area contributed by atoms with Crippen LogP contribution in [0.1, 0.15) is 30.2 Å². The summed E-state index contributed by atoms with van der Waals surface area (Å²) in [7, 11) is 1.40. The van der Waals surface area contributed by atoms with Gasteiger partial charge in [-0.25, -0.2) is 14.8 Å². The third-order valence-corrected chi connectivity index (χ3v) is 6.31. The minimum atomic E-state index is -1.03. The van der Waals surface area contributed by atoms with Crippen LogP contribution in [0.15, 0.2) is 6.33 Å². The van der Waals surface area contributed by atoms with Crippen LogP contribution in [0.3, 0.4) is 0 Å². The number of hydrogen-bond acceptors (Lipinski definition) is 8. The minimum Gasteiger partial charge on any atom is -0.452 e. The summed E-state index contributed by atoms with van der Waals surface area (Å²) in [6.45, 7) is 6.94. The van der Waals surface area contributed by atoms with E-state index >= 15 is 0 Å². The van der Waals surface area contributed by atoms with E-state index in [1.54, 1.807) is 17.7 Å². The second-order valence-electron chi connectivity index (χ2n) is 7.07. The van der Waals surface area contributed by atoms with Crippen molar-refractivity contribution in [2.75, 3.05) is 25.0 Å². The first-order chi connectivity index (χ1) is 13.8. The average Bonchev–Trinajstić information content (AvgIpc) is 3.01. The van der Waals surface area contributed by atoms with Crippen LogP contribution >= 0.6 is 11.3 Å². The molecule has 1 saturated heterocycles. The van der Waals surface area contributed by atoms with Crippen molar-refractivity contribution >= 4 is 45.3 Å². The number of aryl methyl sites for hydroxylation is 2. The zero-order valence-corrected chi connectivity index (χ0v) is 17.8.